The Kier molecular flexibility index (Phi) is 5.84. The molecule has 1 aromatic carbocycles. The fourth-order valence-electron chi connectivity index (χ4n) is 1.35. The molecular weight excluding hydrogens is 329 g/mol. The average molecular weight is 343 g/mol. The third-order valence-electron chi connectivity index (χ3n) is 2.20. The van der Waals surface area contributed by atoms with Crippen molar-refractivity contribution in [3.8, 4) is 0 Å². The van der Waals surface area contributed by atoms with Gasteiger partial charge in [-0.3, -0.25) is 0 Å². The number of hydrogen-bond donors (Lipinski definition) is 0. The summed E-state index contributed by atoms with van der Waals surface area (Å²) in [5.74, 6) is 0. The maximum absolute atomic E-state index is 2.16. The number of benzene rings is 1. The lowest BCUT2D eigenvalue weighted by atomic mass is 10.4. The number of halogens is 1. The first-order valence-electron chi connectivity index (χ1n) is 5.10. The van der Waals surface area contributed by atoms with Gasteiger partial charge in [0.1, 0.15) is 6.54 Å². The number of hydrogen-bond acceptors (Lipinski definition) is 1. The molecule has 0 aliphatic carbocycles. The quantitative estimate of drug-likeness (QED) is 0.567. The van der Waals surface area contributed by atoms with Gasteiger partial charge < -0.3 is 24.0 Å². The van der Waals surface area contributed by atoms with Crippen LogP contribution in [0.1, 0.15) is 6.92 Å². The molecule has 0 saturated carbocycles. The standard InChI is InChI=1S/C13H14NS.HI/c1-2-14-10-8-13(9-11-14)15-12-6-4-3-5-7-12;/h3-11H,2H2,1H3;1H/q+1;/p-1. The minimum absolute atomic E-state index is 0. The summed E-state index contributed by atoms with van der Waals surface area (Å²) in [6.45, 7) is 3.17. The van der Waals surface area contributed by atoms with Crippen LogP contribution in [-0.4, -0.2) is 0 Å². The third kappa shape index (κ3) is 3.79. The molecule has 2 aromatic rings. The molecule has 0 saturated heterocycles. The summed E-state index contributed by atoms with van der Waals surface area (Å²) < 4.78 is 2.16. The molecular formula is C13H14INS. The zero-order chi connectivity index (χ0) is 10.5. The van der Waals surface area contributed by atoms with Crippen molar-refractivity contribution < 1.29 is 28.5 Å². The molecule has 0 amide bonds. The first-order chi connectivity index (χ1) is 7.38. The van der Waals surface area contributed by atoms with Gasteiger partial charge in [-0.1, -0.05) is 30.0 Å². The van der Waals surface area contributed by atoms with E-state index in [1.807, 2.05) is 6.07 Å². The van der Waals surface area contributed by atoms with Crippen molar-refractivity contribution in [2.45, 2.75) is 23.3 Å². The fourth-order valence-corrected chi connectivity index (χ4v) is 2.17. The largest absolute Gasteiger partial charge is 1.00 e. The van der Waals surface area contributed by atoms with Crippen molar-refractivity contribution >= 4 is 11.8 Å². The van der Waals surface area contributed by atoms with E-state index in [1.54, 1.807) is 11.8 Å². The Morgan fingerprint density at radius 2 is 1.50 bits per heavy atom. The van der Waals surface area contributed by atoms with Crippen molar-refractivity contribution in [3.63, 3.8) is 0 Å². The predicted octanol–water partition coefficient (Wildman–Crippen LogP) is 0.149. The summed E-state index contributed by atoms with van der Waals surface area (Å²) >= 11 is 1.79. The Hall–Kier alpha value is -0.550. The van der Waals surface area contributed by atoms with E-state index in [9.17, 15) is 0 Å². The van der Waals surface area contributed by atoms with Gasteiger partial charge in [-0.05, 0) is 19.1 Å². The lowest BCUT2D eigenvalue weighted by Gasteiger charge is -1.99. The highest BCUT2D eigenvalue weighted by molar-refractivity contribution is 7.99. The molecule has 0 atom stereocenters. The molecule has 0 aliphatic heterocycles. The van der Waals surface area contributed by atoms with Crippen LogP contribution in [0.3, 0.4) is 0 Å². The molecule has 16 heavy (non-hydrogen) atoms. The highest BCUT2D eigenvalue weighted by atomic mass is 127. The smallest absolute Gasteiger partial charge is 0.169 e. The molecule has 1 aromatic heterocycles. The number of rotatable bonds is 3. The van der Waals surface area contributed by atoms with E-state index in [0.717, 1.165) is 6.54 Å². The lowest BCUT2D eigenvalue weighted by Crippen LogP contribution is -3.00. The highest BCUT2D eigenvalue weighted by Gasteiger charge is 1.99. The fraction of sp³-hybridized carbons (Fsp3) is 0.154. The van der Waals surface area contributed by atoms with E-state index < -0.39 is 0 Å². The Balaban J connectivity index is 0.00000128. The van der Waals surface area contributed by atoms with Crippen LogP contribution in [0.5, 0.6) is 0 Å². The van der Waals surface area contributed by atoms with Gasteiger partial charge in [0.05, 0.1) is 0 Å². The van der Waals surface area contributed by atoms with Crippen LogP contribution in [0.2, 0.25) is 0 Å². The summed E-state index contributed by atoms with van der Waals surface area (Å²) in [6, 6.07) is 14.7. The molecule has 0 aliphatic rings. The molecule has 0 spiro atoms. The number of aryl methyl sites for hydroxylation is 1. The zero-order valence-corrected chi connectivity index (χ0v) is 12.1. The van der Waals surface area contributed by atoms with Gasteiger partial charge in [0.25, 0.3) is 0 Å². The summed E-state index contributed by atoms with van der Waals surface area (Å²) in [7, 11) is 0. The Morgan fingerprint density at radius 3 is 2.06 bits per heavy atom. The predicted molar refractivity (Wildman–Crippen MR) is 62.9 cm³/mol. The summed E-state index contributed by atoms with van der Waals surface area (Å²) in [5, 5.41) is 0. The zero-order valence-electron chi connectivity index (χ0n) is 9.14. The van der Waals surface area contributed by atoms with Gasteiger partial charge in [-0.2, -0.15) is 0 Å². The number of nitrogens with zero attached hydrogens (tertiary/aromatic N) is 1. The molecule has 1 heterocycles. The number of pyridine rings is 1. The second-order valence-corrected chi connectivity index (χ2v) is 4.43. The second-order valence-electron chi connectivity index (χ2n) is 3.28. The highest BCUT2D eigenvalue weighted by Crippen LogP contribution is 2.25. The van der Waals surface area contributed by atoms with E-state index >= 15 is 0 Å². The molecule has 2 rings (SSSR count). The molecule has 0 unspecified atom stereocenters. The van der Waals surface area contributed by atoms with Crippen molar-refractivity contribution in [2.75, 3.05) is 0 Å². The second kappa shape index (κ2) is 6.91. The van der Waals surface area contributed by atoms with E-state index in [1.165, 1.54) is 9.79 Å². The van der Waals surface area contributed by atoms with Crippen LogP contribution in [-0.2, 0) is 6.54 Å². The molecule has 3 heteroatoms. The SMILES string of the molecule is CC[n+]1ccc(Sc2ccccc2)cc1.[I-]. The monoisotopic (exact) mass is 343 g/mol. The number of aromatic nitrogens is 1. The van der Waals surface area contributed by atoms with Crippen LogP contribution in [0.25, 0.3) is 0 Å². The Bertz CT molecular complexity index is 414. The van der Waals surface area contributed by atoms with Crippen LogP contribution < -0.4 is 28.5 Å². The van der Waals surface area contributed by atoms with Gasteiger partial charge in [-0.25, -0.2) is 4.57 Å². The van der Waals surface area contributed by atoms with Crippen LogP contribution >= 0.6 is 11.8 Å². The minimum Gasteiger partial charge on any atom is -1.00 e. The minimum atomic E-state index is 0. The van der Waals surface area contributed by atoms with E-state index in [2.05, 4.69) is 60.3 Å². The topological polar surface area (TPSA) is 3.88 Å². The summed E-state index contributed by atoms with van der Waals surface area (Å²) in [4.78, 5) is 2.57. The Morgan fingerprint density at radius 1 is 0.938 bits per heavy atom. The first-order valence-corrected chi connectivity index (χ1v) is 5.92. The summed E-state index contributed by atoms with van der Waals surface area (Å²) in [6.07, 6.45) is 4.23. The van der Waals surface area contributed by atoms with Gasteiger partial charge in [0.15, 0.2) is 12.4 Å². The van der Waals surface area contributed by atoms with Crippen molar-refractivity contribution in [3.05, 3.63) is 54.9 Å². The van der Waals surface area contributed by atoms with Crippen molar-refractivity contribution in [1.29, 1.82) is 0 Å². The van der Waals surface area contributed by atoms with Crippen LogP contribution in [0.15, 0.2) is 64.6 Å². The maximum atomic E-state index is 2.16. The van der Waals surface area contributed by atoms with Gasteiger partial charge in [-0.15, -0.1) is 0 Å². The molecule has 0 N–H and O–H groups in total. The lowest BCUT2D eigenvalue weighted by molar-refractivity contribution is -0.693. The first kappa shape index (κ1) is 13.5. The maximum Gasteiger partial charge on any atom is 0.169 e. The molecule has 0 fully saturated rings. The molecule has 0 radical (unpaired) electrons. The van der Waals surface area contributed by atoms with E-state index in [4.69, 9.17) is 0 Å². The van der Waals surface area contributed by atoms with E-state index in [0.29, 0.717) is 0 Å². The average Bonchev–Trinajstić information content (AvgIpc) is 2.31. The molecule has 0 bridgehead atoms. The van der Waals surface area contributed by atoms with Gasteiger partial charge in [0.2, 0.25) is 0 Å². The third-order valence-corrected chi connectivity index (χ3v) is 3.22. The normalized spacial score (nSPS) is 9.56. The van der Waals surface area contributed by atoms with Crippen LogP contribution in [0, 0.1) is 0 Å². The van der Waals surface area contributed by atoms with E-state index in [-0.39, 0.29) is 24.0 Å². The Labute approximate surface area is 118 Å². The summed E-state index contributed by atoms with van der Waals surface area (Å²) in [5.41, 5.74) is 0. The van der Waals surface area contributed by atoms with Gasteiger partial charge >= 0.3 is 0 Å². The van der Waals surface area contributed by atoms with Crippen molar-refractivity contribution in [1.82, 2.24) is 0 Å². The van der Waals surface area contributed by atoms with Gasteiger partial charge in [0, 0.05) is 21.9 Å². The molecule has 84 valence electrons. The van der Waals surface area contributed by atoms with Crippen LogP contribution in [0.4, 0.5) is 0 Å². The van der Waals surface area contributed by atoms with Crippen molar-refractivity contribution in [2.24, 2.45) is 0 Å². The molecule has 1 nitrogen and oxygen atoms in total.